The van der Waals surface area contributed by atoms with E-state index in [4.69, 9.17) is 0 Å². The Morgan fingerprint density at radius 3 is 2.89 bits per heavy atom. The first kappa shape index (κ1) is 7.65. The molecular weight excluding hydrogens is 249 g/mol. The average Bonchev–Trinajstić information content (AvgIpc) is 1.80. The van der Waals surface area contributed by atoms with E-state index in [9.17, 15) is 4.79 Å². The van der Waals surface area contributed by atoms with Crippen LogP contribution in [0.25, 0.3) is 0 Å². The van der Waals surface area contributed by atoms with Crippen molar-refractivity contribution in [2.24, 2.45) is 0 Å². The van der Waals surface area contributed by atoms with E-state index in [1.807, 2.05) is 0 Å². The number of carbonyl (C=O) groups excluding carboxylic acids is 1. The summed E-state index contributed by atoms with van der Waals surface area (Å²) in [5.41, 5.74) is 0. The molecule has 1 fully saturated rings. The van der Waals surface area contributed by atoms with E-state index in [2.05, 4.69) is 35.4 Å². The molecule has 0 N–H and O–H groups in total. The molecule has 4 heteroatoms. The normalized spacial score (nSPS) is 28.9. The van der Waals surface area contributed by atoms with Gasteiger partial charge in [-0.3, -0.25) is 9.10 Å². The summed E-state index contributed by atoms with van der Waals surface area (Å²) in [7, 11) is 0. The Morgan fingerprint density at radius 2 is 2.44 bits per heavy atom. The Bertz CT molecular complexity index is 130. The first-order valence-corrected chi connectivity index (χ1v) is 4.48. The monoisotopic (exact) mass is 257 g/mol. The summed E-state index contributed by atoms with van der Waals surface area (Å²) >= 11 is 6.33. The Morgan fingerprint density at radius 1 is 1.78 bits per heavy atom. The largest absolute Gasteiger partial charge is 0.288 e. The van der Waals surface area contributed by atoms with Gasteiger partial charge < -0.3 is 0 Å². The zero-order valence-corrected chi connectivity index (χ0v) is 7.93. The van der Waals surface area contributed by atoms with Crippen LogP contribution in [0.1, 0.15) is 12.8 Å². The molecule has 1 saturated heterocycles. The van der Waals surface area contributed by atoms with Crippen molar-refractivity contribution < 1.29 is 4.79 Å². The molecule has 1 atom stereocenters. The topological polar surface area (TPSA) is 20.3 Å². The first-order valence-electron chi connectivity index (χ1n) is 2.83. The van der Waals surface area contributed by atoms with Gasteiger partial charge in [-0.2, -0.15) is 0 Å². The Hall–Kier alpha value is 0.550. The number of halogens is 1. The third-order valence-corrected chi connectivity index (χ3v) is 2.73. The van der Waals surface area contributed by atoms with Crippen molar-refractivity contribution in [2.75, 3.05) is 6.54 Å². The van der Waals surface area contributed by atoms with E-state index in [0.717, 1.165) is 13.0 Å². The molecule has 1 unspecified atom stereocenters. The van der Waals surface area contributed by atoms with E-state index in [0.29, 0.717) is 10.3 Å². The van der Waals surface area contributed by atoms with Crippen LogP contribution in [0.4, 0.5) is 0 Å². The molecule has 0 aromatic heterocycles. The van der Waals surface area contributed by atoms with Gasteiger partial charge in [-0.25, -0.2) is 0 Å². The zero-order chi connectivity index (χ0) is 6.85. The number of carbonyl (C=O) groups is 1. The molecule has 1 aliphatic heterocycles. The van der Waals surface area contributed by atoms with E-state index >= 15 is 0 Å². The molecule has 52 valence electrons. The first-order chi connectivity index (χ1) is 4.20. The fraction of sp³-hybridized carbons (Fsp3) is 0.800. The predicted octanol–water partition coefficient (Wildman–Crippen LogP) is 1.26. The number of alkyl halides is 1. The van der Waals surface area contributed by atoms with Crippen molar-refractivity contribution in [3.8, 4) is 0 Å². The van der Waals surface area contributed by atoms with Gasteiger partial charge in [-0.15, -0.1) is 0 Å². The highest BCUT2D eigenvalue weighted by atomic mass is 127. The van der Waals surface area contributed by atoms with Gasteiger partial charge in [0.15, 0.2) is 0 Å². The summed E-state index contributed by atoms with van der Waals surface area (Å²) in [6.45, 7) is 0.794. The van der Waals surface area contributed by atoms with Gasteiger partial charge in [0.25, 0.3) is 0 Å². The highest BCUT2D eigenvalue weighted by Crippen LogP contribution is 2.18. The van der Waals surface area contributed by atoms with Gasteiger partial charge in [-0.1, -0.05) is 35.4 Å². The van der Waals surface area contributed by atoms with Crippen molar-refractivity contribution in [3.05, 3.63) is 0 Å². The number of amides is 1. The Kier molecular flexibility index (Phi) is 2.63. The van der Waals surface area contributed by atoms with E-state index in [1.54, 1.807) is 0 Å². The fourth-order valence-corrected chi connectivity index (χ4v) is 2.10. The van der Waals surface area contributed by atoms with Gasteiger partial charge in [0.2, 0.25) is 5.91 Å². The number of hydrogen-bond donors (Lipinski definition) is 1. The summed E-state index contributed by atoms with van der Waals surface area (Å²) in [6, 6.07) is 0. The molecule has 1 heterocycles. The van der Waals surface area contributed by atoms with Crippen LogP contribution in [0.2, 0.25) is 0 Å². The third-order valence-electron chi connectivity index (χ3n) is 1.33. The number of thiol groups is 1. The van der Waals surface area contributed by atoms with Crippen LogP contribution in [0.3, 0.4) is 0 Å². The second-order valence-electron chi connectivity index (χ2n) is 2.11. The lowest BCUT2D eigenvalue weighted by Crippen LogP contribution is -2.33. The van der Waals surface area contributed by atoms with Crippen LogP contribution in [-0.4, -0.2) is 20.7 Å². The lowest BCUT2D eigenvalue weighted by Gasteiger charge is -2.24. The molecule has 1 rings (SSSR count). The van der Waals surface area contributed by atoms with E-state index in [-0.39, 0.29) is 5.91 Å². The molecule has 9 heavy (non-hydrogen) atoms. The summed E-state index contributed by atoms with van der Waals surface area (Å²) in [5, 5.41) is 0. The predicted molar refractivity (Wildman–Crippen MR) is 47.7 cm³/mol. The van der Waals surface area contributed by atoms with Crippen LogP contribution in [-0.2, 0) is 4.79 Å². The highest BCUT2D eigenvalue weighted by molar-refractivity contribution is 14.1. The standard InChI is InChI=1S/C5H8INOS/c6-4-1-2-5(8)7(9)3-4/h4,9H,1-3H2. The summed E-state index contributed by atoms with van der Waals surface area (Å²) in [4.78, 5) is 10.8. The van der Waals surface area contributed by atoms with Crippen molar-refractivity contribution in [1.82, 2.24) is 4.31 Å². The maximum absolute atomic E-state index is 10.8. The van der Waals surface area contributed by atoms with Gasteiger partial charge in [-0.05, 0) is 6.42 Å². The molecule has 0 saturated carbocycles. The summed E-state index contributed by atoms with van der Waals surface area (Å²) in [5.74, 6) is 0.159. The van der Waals surface area contributed by atoms with Crippen LogP contribution in [0.5, 0.6) is 0 Å². The van der Waals surface area contributed by atoms with Gasteiger partial charge in [0, 0.05) is 16.9 Å². The van der Waals surface area contributed by atoms with Gasteiger partial charge in [0.1, 0.15) is 0 Å². The quantitative estimate of drug-likeness (QED) is 0.393. The molecule has 1 amide bonds. The number of nitrogens with zero attached hydrogens (tertiary/aromatic N) is 1. The van der Waals surface area contributed by atoms with Crippen LogP contribution in [0, 0.1) is 0 Å². The van der Waals surface area contributed by atoms with Gasteiger partial charge in [0.05, 0.1) is 0 Å². The lowest BCUT2D eigenvalue weighted by molar-refractivity contribution is -0.127. The smallest absolute Gasteiger partial charge is 0.232 e. The maximum atomic E-state index is 10.8. The SMILES string of the molecule is O=C1CCC(I)CN1S. The average molecular weight is 257 g/mol. The van der Waals surface area contributed by atoms with Crippen molar-refractivity contribution in [1.29, 1.82) is 0 Å². The Balaban J connectivity index is 2.44. The van der Waals surface area contributed by atoms with Crippen molar-refractivity contribution in [2.45, 2.75) is 16.8 Å². The molecule has 0 bridgehead atoms. The molecule has 0 aromatic rings. The second kappa shape index (κ2) is 3.09. The van der Waals surface area contributed by atoms with Crippen LogP contribution in [0.15, 0.2) is 0 Å². The summed E-state index contributed by atoms with van der Waals surface area (Å²) in [6.07, 6.45) is 1.67. The molecule has 0 radical (unpaired) electrons. The van der Waals surface area contributed by atoms with Crippen LogP contribution >= 0.6 is 35.4 Å². The molecule has 1 aliphatic rings. The fourth-order valence-electron chi connectivity index (χ4n) is 0.790. The molecule has 0 aromatic carbocycles. The number of rotatable bonds is 0. The second-order valence-corrected chi connectivity index (χ2v) is 4.36. The molecular formula is C5H8INOS. The van der Waals surface area contributed by atoms with Crippen molar-refractivity contribution in [3.63, 3.8) is 0 Å². The Labute approximate surface area is 73.7 Å². The van der Waals surface area contributed by atoms with Crippen molar-refractivity contribution >= 4 is 41.3 Å². The summed E-state index contributed by atoms with van der Waals surface area (Å²) < 4.78 is 2.10. The minimum absolute atomic E-state index is 0.159. The third kappa shape index (κ3) is 2.00. The number of hydrogen-bond acceptors (Lipinski definition) is 2. The van der Waals surface area contributed by atoms with E-state index in [1.165, 1.54) is 4.31 Å². The minimum Gasteiger partial charge on any atom is -0.288 e. The van der Waals surface area contributed by atoms with Crippen LogP contribution < -0.4 is 0 Å². The lowest BCUT2D eigenvalue weighted by atomic mass is 10.2. The molecule has 2 nitrogen and oxygen atoms in total. The highest BCUT2D eigenvalue weighted by Gasteiger charge is 2.20. The van der Waals surface area contributed by atoms with E-state index < -0.39 is 0 Å². The zero-order valence-electron chi connectivity index (χ0n) is 4.88. The molecule has 0 spiro atoms. The van der Waals surface area contributed by atoms with Gasteiger partial charge >= 0.3 is 0 Å². The molecule has 0 aliphatic carbocycles. The number of piperidine rings is 1. The maximum Gasteiger partial charge on any atom is 0.232 e. The minimum atomic E-state index is 0.159.